The van der Waals surface area contributed by atoms with Crippen LogP contribution in [0.4, 0.5) is 0 Å². The number of thiazole rings is 1. The minimum Gasteiger partial charge on any atom is -0.299 e. The third-order valence-electron chi connectivity index (χ3n) is 4.43. The van der Waals surface area contributed by atoms with Crippen LogP contribution in [-0.4, -0.2) is 10.8 Å². The summed E-state index contributed by atoms with van der Waals surface area (Å²) in [5.41, 5.74) is 1.09. The molecule has 0 N–H and O–H groups in total. The molecule has 2 nitrogen and oxygen atoms in total. The fourth-order valence-electron chi connectivity index (χ4n) is 3.35. The van der Waals surface area contributed by atoms with Crippen LogP contribution in [0.1, 0.15) is 41.3 Å². The third-order valence-corrected chi connectivity index (χ3v) is 5.50. The molecule has 3 heteroatoms. The van der Waals surface area contributed by atoms with Crippen molar-refractivity contribution in [3.63, 3.8) is 0 Å². The van der Waals surface area contributed by atoms with Crippen LogP contribution in [-0.2, 0) is 11.2 Å². The van der Waals surface area contributed by atoms with Gasteiger partial charge in [-0.15, -0.1) is 11.3 Å². The molecule has 0 spiro atoms. The number of rotatable bonds is 3. The Hall–Kier alpha value is -0.700. The quantitative estimate of drug-likeness (QED) is 0.822. The molecule has 3 rings (SSSR count). The lowest BCUT2D eigenvalue weighted by Crippen LogP contribution is -2.07. The second-order valence-electron chi connectivity index (χ2n) is 5.53. The summed E-state index contributed by atoms with van der Waals surface area (Å²) in [6.45, 7) is 4.11. The first-order valence-corrected chi connectivity index (χ1v) is 7.44. The van der Waals surface area contributed by atoms with Gasteiger partial charge in [-0.25, -0.2) is 4.98 Å². The molecule has 1 aromatic heterocycles. The SMILES string of the molecule is Cc1nc(CC(=O)C2C3CCCCC32)sc1C. The van der Waals surface area contributed by atoms with E-state index in [1.165, 1.54) is 30.6 Å². The zero-order chi connectivity index (χ0) is 12.0. The van der Waals surface area contributed by atoms with Gasteiger partial charge in [-0.2, -0.15) is 0 Å². The van der Waals surface area contributed by atoms with Gasteiger partial charge in [-0.1, -0.05) is 12.8 Å². The number of carbonyl (C=O) groups is 1. The van der Waals surface area contributed by atoms with E-state index >= 15 is 0 Å². The Labute approximate surface area is 106 Å². The van der Waals surface area contributed by atoms with Crippen molar-refractivity contribution in [2.24, 2.45) is 17.8 Å². The van der Waals surface area contributed by atoms with Crippen LogP contribution in [0.5, 0.6) is 0 Å². The first-order valence-electron chi connectivity index (χ1n) is 6.62. The summed E-state index contributed by atoms with van der Waals surface area (Å²) in [5.74, 6) is 2.31. The predicted molar refractivity (Wildman–Crippen MR) is 69.2 cm³/mol. The number of nitrogens with zero attached hydrogens (tertiary/aromatic N) is 1. The molecule has 2 aliphatic carbocycles. The van der Waals surface area contributed by atoms with Crippen molar-refractivity contribution in [1.29, 1.82) is 0 Å². The van der Waals surface area contributed by atoms with E-state index in [9.17, 15) is 4.79 Å². The van der Waals surface area contributed by atoms with Gasteiger partial charge >= 0.3 is 0 Å². The summed E-state index contributed by atoms with van der Waals surface area (Å²) in [4.78, 5) is 18.0. The molecular weight excluding hydrogens is 230 g/mol. The highest BCUT2D eigenvalue weighted by Gasteiger charge is 2.54. The van der Waals surface area contributed by atoms with Gasteiger partial charge in [0.25, 0.3) is 0 Å². The molecular formula is C14H19NOS. The van der Waals surface area contributed by atoms with Gasteiger partial charge in [0.15, 0.2) is 0 Å². The Morgan fingerprint density at radius 1 is 1.29 bits per heavy atom. The van der Waals surface area contributed by atoms with Crippen LogP contribution in [0.2, 0.25) is 0 Å². The van der Waals surface area contributed by atoms with Crippen LogP contribution in [0, 0.1) is 31.6 Å². The molecule has 1 heterocycles. The monoisotopic (exact) mass is 249 g/mol. The Bertz CT molecular complexity index is 420. The van der Waals surface area contributed by atoms with E-state index in [0.717, 1.165) is 22.5 Å². The van der Waals surface area contributed by atoms with Gasteiger partial charge in [0.1, 0.15) is 10.8 Å². The van der Waals surface area contributed by atoms with Crippen LogP contribution in [0.25, 0.3) is 0 Å². The fraction of sp³-hybridized carbons (Fsp3) is 0.714. The summed E-state index contributed by atoms with van der Waals surface area (Å²) in [6.07, 6.45) is 5.83. The third kappa shape index (κ3) is 2.05. The van der Waals surface area contributed by atoms with E-state index in [0.29, 0.717) is 18.1 Å². The second-order valence-corrected chi connectivity index (χ2v) is 6.82. The molecule has 2 unspecified atom stereocenters. The molecule has 0 amide bonds. The highest BCUT2D eigenvalue weighted by atomic mass is 32.1. The van der Waals surface area contributed by atoms with E-state index in [1.807, 2.05) is 6.92 Å². The lowest BCUT2D eigenvalue weighted by molar-refractivity contribution is -0.120. The van der Waals surface area contributed by atoms with Crippen molar-refractivity contribution in [3.8, 4) is 0 Å². The average Bonchev–Trinajstić information content (AvgIpc) is 2.94. The number of hydrogen-bond donors (Lipinski definition) is 0. The smallest absolute Gasteiger partial charge is 0.143 e. The van der Waals surface area contributed by atoms with Crippen molar-refractivity contribution >= 4 is 17.1 Å². The number of aryl methyl sites for hydroxylation is 2. The molecule has 2 fully saturated rings. The van der Waals surface area contributed by atoms with Crippen molar-refractivity contribution in [1.82, 2.24) is 4.98 Å². The fourth-order valence-corrected chi connectivity index (χ4v) is 4.30. The maximum atomic E-state index is 12.2. The zero-order valence-corrected chi connectivity index (χ0v) is 11.3. The highest BCUT2D eigenvalue weighted by molar-refractivity contribution is 7.11. The Morgan fingerprint density at radius 2 is 1.94 bits per heavy atom. The van der Waals surface area contributed by atoms with Gasteiger partial charge in [0.05, 0.1) is 12.1 Å². The van der Waals surface area contributed by atoms with Gasteiger partial charge in [-0.3, -0.25) is 4.79 Å². The first-order chi connectivity index (χ1) is 8.16. The number of hydrogen-bond acceptors (Lipinski definition) is 3. The molecule has 0 bridgehead atoms. The molecule has 0 saturated heterocycles. The van der Waals surface area contributed by atoms with Gasteiger partial charge in [0.2, 0.25) is 0 Å². The number of Topliss-reactive ketones (excluding diaryl/α,β-unsaturated/α-hetero) is 1. The van der Waals surface area contributed by atoms with E-state index in [-0.39, 0.29) is 0 Å². The number of fused-ring (bicyclic) bond motifs is 1. The number of carbonyl (C=O) groups excluding carboxylic acids is 1. The molecule has 1 aromatic rings. The van der Waals surface area contributed by atoms with Crippen LogP contribution in [0.15, 0.2) is 0 Å². The predicted octanol–water partition coefficient (Wildman–Crippen LogP) is 3.31. The number of ketones is 1. The van der Waals surface area contributed by atoms with Crippen molar-refractivity contribution < 1.29 is 4.79 Å². The van der Waals surface area contributed by atoms with Crippen LogP contribution in [0.3, 0.4) is 0 Å². The molecule has 2 aliphatic rings. The van der Waals surface area contributed by atoms with E-state index < -0.39 is 0 Å². The van der Waals surface area contributed by atoms with Crippen LogP contribution < -0.4 is 0 Å². The summed E-state index contributed by atoms with van der Waals surface area (Å²) in [6, 6.07) is 0. The molecule has 0 aromatic carbocycles. The van der Waals surface area contributed by atoms with E-state index in [2.05, 4.69) is 11.9 Å². The normalized spacial score (nSPS) is 31.1. The highest BCUT2D eigenvalue weighted by Crippen LogP contribution is 2.56. The topological polar surface area (TPSA) is 30.0 Å². The molecule has 17 heavy (non-hydrogen) atoms. The summed E-state index contributed by atoms with van der Waals surface area (Å²) in [5, 5.41) is 1.02. The van der Waals surface area contributed by atoms with Crippen molar-refractivity contribution in [2.75, 3.05) is 0 Å². The summed E-state index contributed by atoms with van der Waals surface area (Å²) >= 11 is 1.69. The summed E-state index contributed by atoms with van der Waals surface area (Å²) in [7, 11) is 0. The number of aromatic nitrogens is 1. The van der Waals surface area contributed by atoms with E-state index in [4.69, 9.17) is 0 Å². The molecule has 0 radical (unpaired) electrons. The van der Waals surface area contributed by atoms with Crippen LogP contribution >= 0.6 is 11.3 Å². The minimum absolute atomic E-state index is 0.391. The van der Waals surface area contributed by atoms with E-state index in [1.54, 1.807) is 11.3 Å². The molecule has 92 valence electrons. The van der Waals surface area contributed by atoms with Gasteiger partial charge in [0, 0.05) is 10.8 Å². The average molecular weight is 249 g/mol. The summed E-state index contributed by atoms with van der Waals surface area (Å²) < 4.78 is 0. The molecule has 0 aliphatic heterocycles. The Balaban J connectivity index is 1.64. The van der Waals surface area contributed by atoms with Gasteiger partial charge in [-0.05, 0) is 38.5 Å². The second kappa shape index (κ2) is 4.20. The van der Waals surface area contributed by atoms with Gasteiger partial charge < -0.3 is 0 Å². The van der Waals surface area contributed by atoms with Crippen molar-refractivity contribution in [3.05, 3.63) is 15.6 Å². The lowest BCUT2D eigenvalue weighted by atomic mass is 10.0. The standard InChI is InChI=1S/C14H19NOS/c1-8-9(2)17-13(15-8)7-12(16)14-10-5-3-4-6-11(10)14/h10-11,14H,3-7H2,1-2H3. The maximum absolute atomic E-state index is 12.2. The zero-order valence-electron chi connectivity index (χ0n) is 10.5. The lowest BCUT2D eigenvalue weighted by Gasteiger charge is -2.04. The largest absolute Gasteiger partial charge is 0.299 e. The minimum atomic E-state index is 0.391. The Kier molecular flexibility index (Phi) is 2.81. The maximum Gasteiger partial charge on any atom is 0.143 e. The Morgan fingerprint density at radius 3 is 2.47 bits per heavy atom. The van der Waals surface area contributed by atoms with Crippen molar-refractivity contribution in [2.45, 2.75) is 46.0 Å². The first kappa shape index (κ1) is 11.4. The molecule has 2 atom stereocenters. The molecule has 2 saturated carbocycles.